The minimum atomic E-state index is -0.653. The molecule has 6 heteroatoms. The quantitative estimate of drug-likeness (QED) is 0.175. The summed E-state index contributed by atoms with van der Waals surface area (Å²) in [6, 6.07) is 0. The summed E-state index contributed by atoms with van der Waals surface area (Å²) in [5, 5.41) is 20.1. The van der Waals surface area contributed by atoms with Gasteiger partial charge in [-0.1, -0.05) is 111 Å². The fourth-order valence-corrected chi connectivity index (χ4v) is 3.84. The maximum atomic E-state index is 10.3. The molecule has 0 aromatic carbocycles. The number of nitrogens with zero attached hydrogens (tertiary/aromatic N) is 1. The fourth-order valence-electron chi connectivity index (χ4n) is 3.84. The number of carboxylic acids is 1. The standard InChI is InChI=1S/C18H36O2.C6H15NO.C4H9NO/c1-2-3-4-5-6-7-8-9-10-11-12-13-14-15-16-17-18(19)20;1-3-7(4-2)5-6-8;1-3-6-4-2-5-1/h2-17H2,1H3,(H,19,20);8H,3-6H2,1-2H3;5H,1-4H2. The molecular weight excluding hydrogens is 428 g/mol. The zero-order chi connectivity index (χ0) is 25.5. The summed E-state index contributed by atoms with van der Waals surface area (Å²) in [6.45, 7) is 13.5. The highest BCUT2D eigenvalue weighted by Gasteiger charge is 1.97. The number of carboxylic acid groups (broad SMARTS) is 1. The van der Waals surface area contributed by atoms with Gasteiger partial charge in [0.1, 0.15) is 0 Å². The normalized spacial score (nSPS) is 13.1. The van der Waals surface area contributed by atoms with Crippen LogP contribution in [0.15, 0.2) is 0 Å². The minimum Gasteiger partial charge on any atom is -0.481 e. The Hall–Kier alpha value is -0.690. The maximum Gasteiger partial charge on any atom is 0.303 e. The summed E-state index contributed by atoms with van der Waals surface area (Å²) < 4.78 is 5.01. The SMILES string of the molecule is C1COCCN1.CCCCCCCCCCCCCCCCCC(=O)O.CCN(CC)CCO. The number of unbranched alkanes of at least 4 members (excludes halogenated alkanes) is 14. The van der Waals surface area contributed by atoms with Crippen molar-refractivity contribution in [2.75, 3.05) is 52.5 Å². The van der Waals surface area contributed by atoms with Crippen molar-refractivity contribution in [3.8, 4) is 0 Å². The molecular formula is C28H60N2O4. The van der Waals surface area contributed by atoms with Gasteiger partial charge in [0.15, 0.2) is 0 Å². The lowest BCUT2D eigenvalue weighted by atomic mass is 10.0. The fraction of sp³-hybridized carbons (Fsp3) is 0.964. The van der Waals surface area contributed by atoms with Crippen LogP contribution in [-0.2, 0) is 9.53 Å². The largest absolute Gasteiger partial charge is 0.481 e. The Morgan fingerprint density at radius 1 is 0.735 bits per heavy atom. The van der Waals surface area contributed by atoms with Crippen molar-refractivity contribution in [1.82, 2.24) is 10.2 Å². The lowest BCUT2D eigenvalue weighted by Crippen LogP contribution is -2.30. The first kappa shape index (κ1) is 35.5. The summed E-state index contributed by atoms with van der Waals surface area (Å²) in [7, 11) is 0. The van der Waals surface area contributed by atoms with Crippen LogP contribution >= 0.6 is 0 Å². The molecule has 0 amide bonds. The molecule has 1 heterocycles. The Morgan fingerprint density at radius 3 is 1.38 bits per heavy atom. The lowest BCUT2D eigenvalue weighted by molar-refractivity contribution is -0.137. The van der Waals surface area contributed by atoms with E-state index in [2.05, 4.69) is 31.0 Å². The zero-order valence-corrected chi connectivity index (χ0v) is 23.1. The average Bonchev–Trinajstić information content (AvgIpc) is 2.86. The number of aliphatic hydroxyl groups is 1. The first-order valence-corrected chi connectivity index (χ1v) is 14.5. The first-order chi connectivity index (χ1) is 16.6. The van der Waals surface area contributed by atoms with Crippen molar-refractivity contribution in [3.63, 3.8) is 0 Å². The number of ether oxygens (including phenoxy) is 1. The summed E-state index contributed by atoms with van der Waals surface area (Å²) in [4.78, 5) is 12.5. The Bertz CT molecular complexity index is 364. The van der Waals surface area contributed by atoms with E-state index in [9.17, 15) is 4.79 Å². The Kier molecular flexibility index (Phi) is 33.7. The molecule has 0 aromatic heterocycles. The second kappa shape index (κ2) is 32.3. The van der Waals surface area contributed by atoms with Crippen LogP contribution in [0, 0.1) is 0 Å². The lowest BCUT2D eigenvalue weighted by Gasteiger charge is -2.15. The number of likely N-dealkylation sites (N-methyl/N-ethyl adjacent to an activating group) is 1. The molecule has 1 aliphatic rings. The molecule has 0 radical (unpaired) electrons. The molecule has 0 spiro atoms. The second-order valence-electron chi connectivity index (χ2n) is 9.21. The molecule has 1 fully saturated rings. The molecule has 206 valence electrons. The number of hydrogen-bond acceptors (Lipinski definition) is 5. The van der Waals surface area contributed by atoms with E-state index in [1.165, 1.54) is 83.5 Å². The molecule has 1 saturated heterocycles. The summed E-state index contributed by atoms with van der Waals surface area (Å²) >= 11 is 0. The number of nitrogens with one attached hydrogen (secondary N) is 1. The van der Waals surface area contributed by atoms with Gasteiger partial charge in [0, 0.05) is 26.1 Å². The van der Waals surface area contributed by atoms with Gasteiger partial charge in [-0.2, -0.15) is 0 Å². The summed E-state index contributed by atoms with van der Waals surface area (Å²) in [5.74, 6) is -0.653. The van der Waals surface area contributed by atoms with Gasteiger partial charge < -0.3 is 25.2 Å². The van der Waals surface area contributed by atoms with E-state index in [0.717, 1.165) is 58.8 Å². The third kappa shape index (κ3) is 33.5. The molecule has 0 unspecified atom stereocenters. The Balaban J connectivity index is 0. The predicted molar refractivity (Wildman–Crippen MR) is 146 cm³/mol. The highest BCUT2D eigenvalue weighted by atomic mass is 16.5. The molecule has 0 bridgehead atoms. The number of rotatable bonds is 20. The number of hydrogen-bond donors (Lipinski definition) is 3. The van der Waals surface area contributed by atoms with Crippen LogP contribution < -0.4 is 5.32 Å². The van der Waals surface area contributed by atoms with E-state index >= 15 is 0 Å². The van der Waals surface area contributed by atoms with Crippen molar-refractivity contribution >= 4 is 5.97 Å². The van der Waals surface area contributed by atoms with Gasteiger partial charge in [0.25, 0.3) is 0 Å². The molecule has 6 nitrogen and oxygen atoms in total. The second-order valence-corrected chi connectivity index (χ2v) is 9.21. The number of morpholine rings is 1. The van der Waals surface area contributed by atoms with E-state index in [1.807, 2.05) is 0 Å². The Morgan fingerprint density at radius 2 is 1.15 bits per heavy atom. The van der Waals surface area contributed by atoms with Gasteiger partial charge in [-0.05, 0) is 19.5 Å². The van der Waals surface area contributed by atoms with E-state index < -0.39 is 5.97 Å². The van der Waals surface area contributed by atoms with Crippen LogP contribution in [0.4, 0.5) is 0 Å². The smallest absolute Gasteiger partial charge is 0.303 e. The van der Waals surface area contributed by atoms with E-state index in [0.29, 0.717) is 6.42 Å². The number of aliphatic hydroxyl groups excluding tert-OH is 1. The predicted octanol–water partition coefficient (Wildman–Crippen LogP) is 6.26. The molecule has 34 heavy (non-hydrogen) atoms. The Labute approximate surface area is 212 Å². The third-order valence-corrected chi connectivity index (χ3v) is 6.15. The van der Waals surface area contributed by atoms with Crippen molar-refractivity contribution in [3.05, 3.63) is 0 Å². The maximum absolute atomic E-state index is 10.3. The third-order valence-electron chi connectivity index (χ3n) is 6.15. The van der Waals surface area contributed by atoms with Crippen molar-refractivity contribution in [2.45, 2.75) is 124 Å². The van der Waals surface area contributed by atoms with Crippen LogP contribution in [0.1, 0.15) is 124 Å². The van der Waals surface area contributed by atoms with Gasteiger partial charge >= 0.3 is 5.97 Å². The van der Waals surface area contributed by atoms with Gasteiger partial charge in [0.05, 0.1) is 19.8 Å². The van der Waals surface area contributed by atoms with Crippen LogP contribution in [0.2, 0.25) is 0 Å². The van der Waals surface area contributed by atoms with Gasteiger partial charge in [-0.3, -0.25) is 4.79 Å². The van der Waals surface area contributed by atoms with E-state index in [4.69, 9.17) is 14.9 Å². The van der Waals surface area contributed by atoms with Gasteiger partial charge in [0.2, 0.25) is 0 Å². The first-order valence-electron chi connectivity index (χ1n) is 14.5. The topological polar surface area (TPSA) is 82.0 Å². The van der Waals surface area contributed by atoms with Crippen molar-refractivity contribution in [1.29, 1.82) is 0 Å². The minimum absolute atomic E-state index is 0.279. The number of aliphatic carboxylic acids is 1. The highest BCUT2D eigenvalue weighted by Crippen LogP contribution is 2.13. The molecule has 3 N–H and O–H groups in total. The summed E-state index contributed by atoms with van der Waals surface area (Å²) in [5.41, 5.74) is 0. The van der Waals surface area contributed by atoms with E-state index in [1.54, 1.807) is 0 Å². The molecule has 1 aliphatic heterocycles. The van der Waals surface area contributed by atoms with Crippen LogP contribution in [-0.4, -0.2) is 73.6 Å². The monoisotopic (exact) mass is 488 g/mol. The molecule has 1 rings (SSSR count). The van der Waals surface area contributed by atoms with Crippen LogP contribution in [0.3, 0.4) is 0 Å². The highest BCUT2D eigenvalue weighted by molar-refractivity contribution is 5.66. The van der Waals surface area contributed by atoms with Crippen LogP contribution in [0.5, 0.6) is 0 Å². The summed E-state index contributed by atoms with van der Waals surface area (Å²) in [6.07, 6.45) is 20.2. The number of carbonyl (C=O) groups is 1. The molecule has 0 aliphatic carbocycles. The zero-order valence-electron chi connectivity index (χ0n) is 23.1. The van der Waals surface area contributed by atoms with E-state index in [-0.39, 0.29) is 6.61 Å². The molecule has 0 saturated carbocycles. The van der Waals surface area contributed by atoms with Gasteiger partial charge in [-0.15, -0.1) is 0 Å². The molecule has 0 atom stereocenters. The van der Waals surface area contributed by atoms with Crippen molar-refractivity contribution < 1.29 is 19.7 Å². The average molecular weight is 489 g/mol. The van der Waals surface area contributed by atoms with Crippen LogP contribution in [0.25, 0.3) is 0 Å². The van der Waals surface area contributed by atoms with Gasteiger partial charge in [-0.25, -0.2) is 0 Å². The van der Waals surface area contributed by atoms with Crippen molar-refractivity contribution in [2.24, 2.45) is 0 Å². The molecule has 0 aromatic rings.